The fourth-order valence-corrected chi connectivity index (χ4v) is 5.22. The Labute approximate surface area is 170 Å². The molecule has 1 saturated carbocycles. The lowest BCUT2D eigenvalue weighted by Gasteiger charge is -2.34. The van der Waals surface area contributed by atoms with Gasteiger partial charge in [-0.3, -0.25) is 14.9 Å². The highest BCUT2D eigenvalue weighted by molar-refractivity contribution is 7.89. The minimum absolute atomic E-state index is 0. The van der Waals surface area contributed by atoms with Crippen LogP contribution < -0.4 is 5.73 Å². The number of nitro groups is 1. The van der Waals surface area contributed by atoms with Crippen LogP contribution in [0.2, 0.25) is 0 Å². The van der Waals surface area contributed by atoms with E-state index in [2.05, 4.69) is 0 Å². The van der Waals surface area contributed by atoms with Gasteiger partial charge in [-0.05, 0) is 24.8 Å². The van der Waals surface area contributed by atoms with Gasteiger partial charge in [-0.2, -0.15) is 4.31 Å². The largest absolute Gasteiger partial charge is 0.340 e. The van der Waals surface area contributed by atoms with Gasteiger partial charge in [-0.15, -0.1) is 12.4 Å². The summed E-state index contributed by atoms with van der Waals surface area (Å²) >= 11 is 0. The topological polar surface area (TPSA) is 127 Å². The summed E-state index contributed by atoms with van der Waals surface area (Å²) in [6.07, 6.45) is 3.38. The summed E-state index contributed by atoms with van der Waals surface area (Å²) in [6, 6.07) is 5.10. The first-order valence-corrected chi connectivity index (χ1v) is 10.5. The molecule has 156 valence electrons. The summed E-state index contributed by atoms with van der Waals surface area (Å²) in [5, 5.41) is 10.9. The number of nitro benzene ring substituents is 1. The molecule has 2 aliphatic rings. The number of rotatable bonds is 5. The van der Waals surface area contributed by atoms with Crippen LogP contribution in [0.3, 0.4) is 0 Å². The summed E-state index contributed by atoms with van der Waals surface area (Å²) < 4.78 is 26.8. The van der Waals surface area contributed by atoms with Gasteiger partial charge in [-0.25, -0.2) is 8.42 Å². The molecule has 9 nitrogen and oxygen atoms in total. The lowest BCUT2D eigenvalue weighted by atomic mass is 9.99. The highest BCUT2D eigenvalue weighted by Gasteiger charge is 2.33. The first-order valence-electron chi connectivity index (χ1n) is 9.07. The van der Waals surface area contributed by atoms with E-state index in [0.29, 0.717) is 19.5 Å². The third kappa shape index (κ3) is 4.80. The first kappa shape index (κ1) is 22.5. The molecule has 1 saturated heterocycles. The summed E-state index contributed by atoms with van der Waals surface area (Å²) in [5.74, 6) is 0.230. The molecule has 0 aromatic heterocycles. The maximum absolute atomic E-state index is 12.7. The summed E-state index contributed by atoms with van der Waals surface area (Å²) in [4.78, 5) is 24.3. The van der Waals surface area contributed by atoms with Crippen LogP contribution in [0.15, 0.2) is 29.2 Å². The van der Waals surface area contributed by atoms with E-state index in [1.165, 1.54) is 22.5 Å². The molecule has 11 heteroatoms. The molecule has 1 aromatic rings. The van der Waals surface area contributed by atoms with E-state index in [1.54, 1.807) is 4.90 Å². The van der Waals surface area contributed by atoms with Crippen molar-refractivity contribution in [2.45, 2.75) is 36.6 Å². The van der Waals surface area contributed by atoms with Gasteiger partial charge < -0.3 is 10.6 Å². The second kappa shape index (κ2) is 9.17. The van der Waals surface area contributed by atoms with E-state index in [9.17, 15) is 23.3 Å². The van der Waals surface area contributed by atoms with Crippen LogP contribution in [0.4, 0.5) is 5.69 Å². The van der Waals surface area contributed by atoms with Crippen molar-refractivity contribution in [1.82, 2.24) is 9.21 Å². The molecule has 1 amide bonds. The summed E-state index contributed by atoms with van der Waals surface area (Å²) in [5.41, 5.74) is 5.76. The van der Waals surface area contributed by atoms with Crippen molar-refractivity contribution in [3.63, 3.8) is 0 Å². The standard InChI is InChI=1S/C17H24N4O5S.ClH/c18-16-6-1-3-13(16)11-17(22)19-7-9-20(10-8-19)27(25,26)15-5-2-4-14(12-15)21(23)24;/h2,4-5,12-13,16H,1,3,6-11,18H2;1H/t13-,16+;/m0./s1. The molecule has 2 atom stereocenters. The van der Waals surface area contributed by atoms with Crippen molar-refractivity contribution in [3.05, 3.63) is 34.4 Å². The van der Waals surface area contributed by atoms with E-state index in [1.807, 2.05) is 0 Å². The van der Waals surface area contributed by atoms with E-state index < -0.39 is 14.9 Å². The third-order valence-electron chi connectivity index (χ3n) is 5.41. The van der Waals surface area contributed by atoms with Crippen LogP contribution >= 0.6 is 12.4 Å². The zero-order valence-corrected chi connectivity index (χ0v) is 17.0. The van der Waals surface area contributed by atoms with E-state index in [-0.39, 0.29) is 53.9 Å². The van der Waals surface area contributed by atoms with Gasteiger partial charge >= 0.3 is 0 Å². The molecule has 1 heterocycles. The average Bonchev–Trinajstić information content (AvgIpc) is 3.06. The molecule has 0 unspecified atom stereocenters. The molecular weight excluding hydrogens is 408 g/mol. The smallest absolute Gasteiger partial charge is 0.270 e. The summed E-state index contributed by atoms with van der Waals surface area (Å²) in [6.45, 7) is 0.977. The van der Waals surface area contributed by atoms with Gasteiger partial charge in [0.2, 0.25) is 15.9 Å². The Bertz CT molecular complexity index is 827. The van der Waals surface area contributed by atoms with Crippen molar-refractivity contribution in [2.75, 3.05) is 26.2 Å². The highest BCUT2D eigenvalue weighted by Crippen LogP contribution is 2.28. The Hall–Kier alpha value is -1.75. The Morgan fingerprint density at radius 3 is 2.46 bits per heavy atom. The number of carbonyl (C=O) groups is 1. The van der Waals surface area contributed by atoms with Crippen LogP contribution in [0.1, 0.15) is 25.7 Å². The normalized spacial score (nSPS) is 23.2. The number of nitrogens with two attached hydrogens (primary N) is 1. The predicted octanol–water partition coefficient (Wildman–Crippen LogP) is 1.37. The highest BCUT2D eigenvalue weighted by atomic mass is 35.5. The fourth-order valence-electron chi connectivity index (χ4n) is 3.76. The second-order valence-corrected chi connectivity index (χ2v) is 9.04. The van der Waals surface area contributed by atoms with Crippen molar-refractivity contribution < 1.29 is 18.1 Å². The monoisotopic (exact) mass is 432 g/mol. The van der Waals surface area contributed by atoms with E-state index >= 15 is 0 Å². The van der Waals surface area contributed by atoms with E-state index in [4.69, 9.17) is 5.73 Å². The molecule has 1 aliphatic carbocycles. The number of carbonyl (C=O) groups excluding carboxylic acids is 1. The molecule has 0 spiro atoms. The molecule has 28 heavy (non-hydrogen) atoms. The lowest BCUT2D eigenvalue weighted by molar-refractivity contribution is -0.385. The van der Waals surface area contributed by atoms with Gasteiger partial charge in [0.1, 0.15) is 0 Å². The first-order chi connectivity index (χ1) is 12.8. The zero-order valence-electron chi connectivity index (χ0n) is 15.4. The SMILES string of the molecule is Cl.N[C@@H]1CCC[C@H]1CC(=O)N1CCN(S(=O)(=O)c2cccc([N+](=O)[O-])c2)CC1. The molecule has 1 aliphatic heterocycles. The Morgan fingerprint density at radius 1 is 1.21 bits per heavy atom. The molecule has 2 fully saturated rings. The summed E-state index contributed by atoms with van der Waals surface area (Å²) in [7, 11) is -3.83. The minimum atomic E-state index is -3.83. The molecule has 3 rings (SSSR count). The lowest BCUT2D eigenvalue weighted by Crippen LogP contribution is -2.51. The fraction of sp³-hybridized carbons (Fsp3) is 0.588. The Balaban J connectivity index is 0.00000280. The van der Waals surface area contributed by atoms with Gasteiger partial charge in [0.15, 0.2) is 0 Å². The number of hydrogen-bond acceptors (Lipinski definition) is 6. The van der Waals surface area contributed by atoms with Crippen molar-refractivity contribution in [3.8, 4) is 0 Å². The third-order valence-corrected chi connectivity index (χ3v) is 7.31. The van der Waals surface area contributed by atoms with Crippen LogP contribution in [-0.4, -0.2) is 60.7 Å². The second-order valence-electron chi connectivity index (χ2n) is 7.10. The maximum Gasteiger partial charge on any atom is 0.270 e. The van der Waals surface area contributed by atoms with Crippen LogP contribution in [0.25, 0.3) is 0 Å². The van der Waals surface area contributed by atoms with Crippen molar-refractivity contribution in [1.29, 1.82) is 0 Å². The van der Waals surface area contributed by atoms with E-state index in [0.717, 1.165) is 25.3 Å². The molecule has 1 aromatic carbocycles. The van der Waals surface area contributed by atoms with Gasteiger partial charge in [0, 0.05) is 50.8 Å². The van der Waals surface area contributed by atoms with Crippen LogP contribution in [0.5, 0.6) is 0 Å². The Morgan fingerprint density at radius 2 is 1.89 bits per heavy atom. The van der Waals surface area contributed by atoms with Gasteiger partial charge in [-0.1, -0.05) is 12.5 Å². The molecule has 0 radical (unpaired) electrons. The average molecular weight is 433 g/mol. The number of piperazine rings is 1. The van der Waals surface area contributed by atoms with Gasteiger partial charge in [0.25, 0.3) is 5.69 Å². The number of halogens is 1. The molecular formula is C17H25ClN4O5S. The molecule has 0 bridgehead atoms. The predicted molar refractivity (Wildman–Crippen MR) is 106 cm³/mol. The number of non-ortho nitro benzene ring substituents is 1. The number of sulfonamides is 1. The number of hydrogen-bond donors (Lipinski definition) is 1. The van der Waals surface area contributed by atoms with Crippen molar-refractivity contribution in [2.24, 2.45) is 11.7 Å². The molecule has 2 N–H and O–H groups in total. The minimum Gasteiger partial charge on any atom is -0.340 e. The quantitative estimate of drug-likeness (QED) is 0.552. The van der Waals surface area contributed by atoms with Crippen molar-refractivity contribution >= 4 is 34.0 Å². The van der Waals surface area contributed by atoms with Crippen LogP contribution in [-0.2, 0) is 14.8 Å². The number of nitrogens with zero attached hydrogens (tertiary/aromatic N) is 3. The zero-order chi connectivity index (χ0) is 19.6. The van der Waals surface area contributed by atoms with Crippen LogP contribution in [0, 0.1) is 16.0 Å². The number of amides is 1. The Kier molecular flexibility index (Phi) is 7.38. The number of benzene rings is 1. The maximum atomic E-state index is 12.7. The van der Waals surface area contributed by atoms with Gasteiger partial charge in [0.05, 0.1) is 9.82 Å².